The molecule has 0 aliphatic carbocycles. The van der Waals surface area contributed by atoms with Crippen LogP contribution in [0.25, 0.3) is 0 Å². The zero-order valence-corrected chi connectivity index (χ0v) is 10.2. The molecule has 10 heteroatoms. The van der Waals surface area contributed by atoms with Gasteiger partial charge in [0.15, 0.2) is 10.2 Å². The van der Waals surface area contributed by atoms with Crippen LogP contribution in [0, 0.1) is 0 Å². The largest absolute Gasteiger partial charge is 0.452 e. The van der Waals surface area contributed by atoms with Crippen molar-refractivity contribution in [1.29, 1.82) is 0 Å². The molecule has 0 N–H and O–H groups in total. The standard InChI is InChI=1S/C7H6ClN3O5S/c1-10-6-3(4(8)9-10)5(12)11(7(13)16-2)17(6,14)15/h1-2H3. The minimum atomic E-state index is -4.29. The molecule has 17 heavy (non-hydrogen) atoms. The van der Waals surface area contributed by atoms with Gasteiger partial charge in [-0.05, 0) is 0 Å². The summed E-state index contributed by atoms with van der Waals surface area (Å²) in [5, 5.41) is 2.91. The first kappa shape index (κ1) is 11.9. The number of amides is 2. The van der Waals surface area contributed by atoms with E-state index in [4.69, 9.17) is 11.6 Å². The number of aromatic nitrogens is 2. The Morgan fingerprint density at radius 2 is 2.06 bits per heavy atom. The lowest BCUT2D eigenvalue weighted by Crippen LogP contribution is -2.36. The van der Waals surface area contributed by atoms with Crippen molar-refractivity contribution in [2.24, 2.45) is 7.05 Å². The van der Waals surface area contributed by atoms with Gasteiger partial charge in [0.25, 0.3) is 15.9 Å². The molecule has 2 rings (SSSR count). The summed E-state index contributed by atoms with van der Waals surface area (Å²) in [4.78, 5) is 23.0. The van der Waals surface area contributed by atoms with Crippen LogP contribution in [0.4, 0.5) is 4.79 Å². The third-order valence-corrected chi connectivity index (χ3v) is 4.19. The van der Waals surface area contributed by atoms with Gasteiger partial charge in [-0.2, -0.15) is 13.5 Å². The molecule has 1 aromatic rings. The quantitative estimate of drug-likeness (QED) is 0.662. The molecule has 0 aromatic carbocycles. The predicted octanol–water partition coefficient (Wildman–Crippen LogP) is -0.0156. The van der Waals surface area contributed by atoms with Gasteiger partial charge in [0.1, 0.15) is 5.56 Å². The number of nitrogens with zero attached hydrogens (tertiary/aromatic N) is 3. The average Bonchev–Trinajstić information content (AvgIpc) is 2.63. The minimum absolute atomic E-state index is 0.0191. The molecular formula is C7H6ClN3O5S. The fourth-order valence-corrected chi connectivity index (χ4v) is 3.42. The maximum Gasteiger partial charge on any atom is 0.431 e. The average molecular weight is 280 g/mol. The monoisotopic (exact) mass is 279 g/mol. The first-order chi connectivity index (χ1) is 7.82. The van der Waals surface area contributed by atoms with E-state index in [0.717, 1.165) is 11.8 Å². The molecule has 1 aromatic heterocycles. The van der Waals surface area contributed by atoms with Crippen molar-refractivity contribution in [1.82, 2.24) is 14.1 Å². The summed E-state index contributed by atoms with van der Waals surface area (Å²) in [6, 6.07) is 0. The summed E-state index contributed by atoms with van der Waals surface area (Å²) in [6.07, 6.45) is -1.29. The normalized spacial score (nSPS) is 17.1. The van der Waals surface area contributed by atoms with E-state index in [1.165, 1.54) is 7.05 Å². The van der Waals surface area contributed by atoms with E-state index in [-0.39, 0.29) is 15.0 Å². The van der Waals surface area contributed by atoms with Crippen molar-refractivity contribution in [2.75, 3.05) is 7.11 Å². The molecule has 0 unspecified atom stereocenters. The Kier molecular flexibility index (Phi) is 2.40. The minimum Gasteiger partial charge on any atom is -0.452 e. The van der Waals surface area contributed by atoms with Crippen LogP contribution in [0.15, 0.2) is 5.03 Å². The van der Waals surface area contributed by atoms with Gasteiger partial charge in [0.2, 0.25) is 0 Å². The van der Waals surface area contributed by atoms with Crippen LogP contribution in [0.1, 0.15) is 10.4 Å². The fraction of sp³-hybridized carbons (Fsp3) is 0.286. The van der Waals surface area contributed by atoms with Crippen molar-refractivity contribution < 1.29 is 22.7 Å². The van der Waals surface area contributed by atoms with Crippen molar-refractivity contribution in [3.05, 3.63) is 10.7 Å². The van der Waals surface area contributed by atoms with E-state index < -0.39 is 27.0 Å². The highest BCUT2D eigenvalue weighted by Gasteiger charge is 2.50. The second-order valence-electron chi connectivity index (χ2n) is 3.14. The highest BCUT2D eigenvalue weighted by Crippen LogP contribution is 2.34. The second kappa shape index (κ2) is 3.44. The highest BCUT2D eigenvalue weighted by atomic mass is 35.5. The lowest BCUT2D eigenvalue weighted by molar-refractivity contribution is 0.0839. The number of sulfonamides is 1. The Morgan fingerprint density at radius 1 is 1.47 bits per heavy atom. The Hall–Kier alpha value is -1.61. The van der Waals surface area contributed by atoms with Gasteiger partial charge >= 0.3 is 6.09 Å². The van der Waals surface area contributed by atoms with Gasteiger partial charge in [-0.1, -0.05) is 11.6 Å². The van der Waals surface area contributed by atoms with Gasteiger partial charge in [-0.25, -0.2) is 4.79 Å². The van der Waals surface area contributed by atoms with Crippen LogP contribution in [0.2, 0.25) is 5.15 Å². The SMILES string of the molecule is COC(=O)N1C(=O)c2c(Cl)nn(C)c2S1(=O)=O. The third-order valence-electron chi connectivity index (χ3n) is 2.18. The Bertz CT molecular complexity index is 634. The van der Waals surface area contributed by atoms with E-state index in [9.17, 15) is 18.0 Å². The summed E-state index contributed by atoms with van der Waals surface area (Å²) in [6.45, 7) is 0. The molecule has 1 aliphatic rings. The van der Waals surface area contributed by atoms with Crippen LogP contribution in [0.3, 0.4) is 0 Å². The molecular weight excluding hydrogens is 274 g/mol. The summed E-state index contributed by atoms with van der Waals surface area (Å²) in [5.74, 6) is -1.06. The molecule has 8 nitrogen and oxygen atoms in total. The molecule has 0 fully saturated rings. The van der Waals surface area contributed by atoms with E-state index in [0.29, 0.717) is 0 Å². The molecule has 2 amide bonds. The summed E-state index contributed by atoms with van der Waals surface area (Å²) >= 11 is 5.63. The molecule has 0 atom stereocenters. The number of imide groups is 1. The number of ether oxygens (including phenoxy) is 1. The summed E-state index contributed by atoms with van der Waals surface area (Å²) < 4.78 is 29.0. The van der Waals surface area contributed by atoms with Crippen LogP contribution in [-0.4, -0.2) is 41.6 Å². The van der Waals surface area contributed by atoms with E-state index >= 15 is 0 Å². The molecule has 0 saturated heterocycles. The molecule has 0 bridgehead atoms. The number of hydrogen-bond donors (Lipinski definition) is 0. The number of hydrogen-bond acceptors (Lipinski definition) is 6. The van der Waals surface area contributed by atoms with Gasteiger partial charge in [-0.3, -0.25) is 9.48 Å². The van der Waals surface area contributed by atoms with Crippen LogP contribution >= 0.6 is 11.6 Å². The zero-order valence-electron chi connectivity index (χ0n) is 8.67. The van der Waals surface area contributed by atoms with Gasteiger partial charge < -0.3 is 4.74 Å². The Labute approximate surface area is 101 Å². The molecule has 0 spiro atoms. The third kappa shape index (κ3) is 1.35. The molecule has 2 heterocycles. The van der Waals surface area contributed by atoms with Crippen LogP contribution < -0.4 is 0 Å². The van der Waals surface area contributed by atoms with Crippen molar-refractivity contribution in [2.45, 2.75) is 5.03 Å². The number of halogens is 1. The predicted molar refractivity (Wildman–Crippen MR) is 54.0 cm³/mol. The van der Waals surface area contributed by atoms with Crippen molar-refractivity contribution in [3.63, 3.8) is 0 Å². The number of carbonyl (C=O) groups is 2. The number of fused-ring (bicyclic) bond motifs is 1. The number of aryl methyl sites for hydroxylation is 1. The van der Waals surface area contributed by atoms with Gasteiger partial charge in [0.05, 0.1) is 7.11 Å². The topological polar surface area (TPSA) is 98.6 Å². The van der Waals surface area contributed by atoms with E-state index in [1.54, 1.807) is 0 Å². The second-order valence-corrected chi connectivity index (χ2v) is 5.20. The van der Waals surface area contributed by atoms with Gasteiger partial charge in [0, 0.05) is 7.05 Å². The van der Waals surface area contributed by atoms with Crippen molar-refractivity contribution in [3.8, 4) is 0 Å². The summed E-state index contributed by atoms with van der Waals surface area (Å²) in [5.41, 5.74) is -0.320. The first-order valence-corrected chi connectivity index (χ1v) is 6.04. The van der Waals surface area contributed by atoms with E-state index in [2.05, 4.69) is 9.84 Å². The first-order valence-electron chi connectivity index (χ1n) is 4.22. The van der Waals surface area contributed by atoms with Crippen LogP contribution in [-0.2, 0) is 21.8 Å². The van der Waals surface area contributed by atoms with Crippen molar-refractivity contribution >= 4 is 33.6 Å². The molecule has 92 valence electrons. The molecule has 0 saturated carbocycles. The maximum atomic E-state index is 11.9. The lowest BCUT2D eigenvalue weighted by atomic mass is 10.3. The fourth-order valence-electron chi connectivity index (χ4n) is 1.51. The van der Waals surface area contributed by atoms with E-state index in [1.807, 2.05) is 0 Å². The summed E-state index contributed by atoms with van der Waals surface area (Å²) in [7, 11) is -2.02. The number of carbonyl (C=O) groups excluding carboxylic acids is 2. The maximum absolute atomic E-state index is 11.9. The number of rotatable bonds is 0. The van der Waals surface area contributed by atoms with Gasteiger partial charge in [-0.15, -0.1) is 4.31 Å². The Morgan fingerprint density at radius 3 is 2.53 bits per heavy atom. The van der Waals surface area contributed by atoms with Crippen LogP contribution in [0.5, 0.6) is 0 Å². The zero-order chi connectivity index (χ0) is 13.0. The molecule has 1 aliphatic heterocycles. The number of methoxy groups -OCH3 is 1. The molecule has 0 radical (unpaired) electrons. The Balaban J connectivity index is 2.74. The lowest BCUT2D eigenvalue weighted by Gasteiger charge is -2.11. The highest BCUT2D eigenvalue weighted by molar-refractivity contribution is 7.90. The smallest absolute Gasteiger partial charge is 0.431 e.